The van der Waals surface area contributed by atoms with Crippen molar-refractivity contribution >= 4 is 23.5 Å². The minimum Gasteiger partial charge on any atom is -0.460 e. The third kappa shape index (κ3) is 5.33. The van der Waals surface area contributed by atoms with Crippen molar-refractivity contribution in [3.63, 3.8) is 0 Å². The number of thioether (sulfide) groups is 1. The fraction of sp³-hybridized carbons (Fsp3) is 0.464. The number of hydrogen-bond acceptors (Lipinski definition) is 5. The number of Topliss-reactive ketones (excluding diaryl/α,β-unsaturated/α-hetero) is 1. The van der Waals surface area contributed by atoms with Crippen molar-refractivity contribution in [2.24, 2.45) is 11.3 Å². The van der Waals surface area contributed by atoms with Crippen LogP contribution in [0.25, 0.3) is 0 Å². The van der Waals surface area contributed by atoms with Crippen LogP contribution >= 0.6 is 11.8 Å². The smallest absolute Gasteiger partial charge is 0.306 e. The van der Waals surface area contributed by atoms with Crippen molar-refractivity contribution in [1.29, 1.82) is 5.26 Å². The van der Waals surface area contributed by atoms with Gasteiger partial charge in [-0.2, -0.15) is 17.0 Å². The van der Waals surface area contributed by atoms with Gasteiger partial charge in [-0.15, -0.1) is 0 Å². The molecule has 0 unspecified atom stereocenters. The van der Waals surface area contributed by atoms with Gasteiger partial charge in [-0.1, -0.05) is 75.4 Å². The lowest BCUT2D eigenvalue weighted by Gasteiger charge is -2.32. The number of ether oxygens (including phenoxy) is 1. The maximum atomic E-state index is 13.9. The zero-order valence-electron chi connectivity index (χ0n) is 20.3. The van der Waals surface area contributed by atoms with Gasteiger partial charge >= 0.3 is 5.97 Å². The fourth-order valence-electron chi connectivity index (χ4n) is 4.34. The molecule has 0 bridgehead atoms. The third-order valence-corrected chi connectivity index (χ3v) is 7.60. The van der Waals surface area contributed by atoms with Gasteiger partial charge in [-0.3, -0.25) is 9.59 Å². The van der Waals surface area contributed by atoms with E-state index in [0.29, 0.717) is 11.3 Å². The van der Waals surface area contributed by atoms with Gasteiger partial charge < -0.3 is 4.74 Å². The second-order valence-electron chi connectivity index (χ2n) is 10.7. The van der Waals surface area contributed by atoms with Gasteiger partial charge in [0.25, 0.3) is 0 Å². The Bertz CT molecular complexity index is 1040. The number of carbonyl (C=O) groups is 2. The number of carbonyl (C=O) groups excluding carboxylic acids is 2. The second kappa shape index (κ2) is 9.35. The van der Waals surface area contributed by atoms with E-state index in [0.717, 1.165) is 5.56 Å². The Labute approximate surface area is 201 Å². The van der Waals surface area contributed by atoms with E-state index in [2.05, 4.69) is 39.0 Å². The summed E-state index contributed by atoms with van der Waals surface area (Å²) >= 11 is 1.58. The largest absolute Gasteiger partial charge is 0.460 e. The Morgan fingerprint density at radius 3 is 2.15 bits per heavy atom. The molecule has 0 aliphatic carbocycles. The number of benzene rings is 2. The van der Waals surface area contributed by atoms with Crippen LogP contribution in [0, 0.1) is 22.7 Å². The molecular weight excluding hydrogens is 430 g/mol. The number of ketones is 1. The average molecular weight is 464 g/mol. The van der Waals surface area contributed by atoms with Crippen LogP contribution in [0.5, 0.6) is 0 Å². The van der Waals surface area contributed by atoms with Crippen LogP contribution in [-0.2, 0) is 14.9 Å². The maximum absolute atomic E-state index is 13.9. The summed E-state index contributed by atoms with van der Waals surface area (Å²) < 4.78 is 5.55. The average Bonchev–Trinajstić information content (AvgIpc) is 3.10. The first-order valence-electron chi connectivity index (χ1n) is 11.3. The van der Waals surface area contributed by atoms with E-state index in [1.165, 1.54) is 5.56 Å². The van der Waals surface area contributed by atoms with Crippen LogP contribution in [0.2, 0.25) is 0 Å². The minimum absolute atomic E-state index is 0.00672. The van der Waals surface area contributed by atoms with Crippen molar-refractivity contribution < 1.29 is 14.3 Å². The molecule has 1 fully saturated rings. The zero-order valence-corrected chi connectivity index (χ0v) is 21.2. The van der Waals surface area contributed by atoms with Gasteiger partial charge in [0.1, 0.15) is 11.0 Å². The van der Waals surface area contributed by atoms with Gasteiger partial charge in [0, 0.05) is 11.5 Å². The number of hydrogen-bond donors (Lipinski definition) is 0. The van der Waals surface area contributed by atoms with Crippen molar-refractivity contribution in [3.05, 3.63) is 71.3 Å². The summed E-state index contributed by atoms with van der Waals surface area (Å²) in [6.45, 7) is 11.9. The lowest BCUT2D eigenvalue weighted by Crippen LogP contribution is -2.40. The second-order valence-corrected chi connectivity index (χ2v) is 11.9. The quantitative estimate of drug-likeness (QED) is 0.373. The molecular formula is C28H33NO3S. The molecule has 2 aromatic rings. The van der Waals surface area contributed by atoms with Crippen molar-refractivity contribution in [3.8, 4) is 6.07 Å². The van der Waals surface area contributed by atoms with Crippen LogP contribution < -0.4 is 0 Å². The van der Waals surface area contributed by atoms with E-state index < -0.39 is 16.9 Å². The third-order valence-electron chi connectivity index (χ3n) is 6.03. The molecule has 3 atom stereocenters. The summed E-state index contributed by atoms with van der Waals surface area (Å²) in [4.78, 5) is 26.6. The predicted octanol–water partition coefficient (Wildman–Crippen LogP) is 6.51. The molecule has 0 aromatic heterocycles. The number of nitriles is 1. The van der Waals surface area contributed by atoms with E-state index in [4.69, 9.17) is 4.74 Å². The molecule has 0 spiro atoms. The SMILES string of the molecule is CC(C)(C)OC(=O)C[C@@H]1CS[C@H](c2ccc(C(C)(C)C)cc2)[C@@]1(C#N)C(=O)c1ccccc1. The summed E-state index contributed by atoms with van der Waals surface area (Å²) in [5.41, 5.74) is 0.650. The Morgan fingerprint density at radius 1 is 1.03 bits per heavy atom. The van der Waals surface area contributed by atoms with E-state index in [9.17, 15) is 14.9 Å². The highest BCUT2D eigenvalue weighted by molar-refractivity contribution is 7.99. The lowest BCUT2D eigenvalue weighted by molar-refractivity contribution is -0.156. The topological polar surface area (TPSA) is 67.2 Å². The van der Waals surface area contributed by atoms with Gasteiger partial charge in [-0.25, -0.2) is 0 Å². The maximum Gasteiger partial charge on any atom is 0.306 e. The molecule has 4 nitrogen and oxygen atoms in total. The highest BCUT2D eigenvalue weighted by Crippen LogP contribution is 2.58. The molecule has 1 aliphatic heterocycles. The van der Waals surface area contributed by atoms with E-state index in [1.54, 1.807) is 36.0 Å². The van der Waals surface area contributed by atoms with Crippen LogP contribution in [0.15, 0.2) is 54.6 Å². The zero-order chi connectivity index (χ0) is 24.4. The first-order chi connectivity index (χ1) is 15.4. The highest BCUT2D eigenvalue weighted by Gasteiger charge is 2.58. The normalized spacial score (nSPS) is 23.1. The minimum atomic E-state index is -1.35. The van der Waals surface area contributed by atoms with Gasteiger partial charge in [-0.05, 0) is 43.1 Å². The molecule has 1 saturated heterocycles. The van der Waals surface area contributed by atoms with Crippen LogP contribution in [0.3, 0.4) is 0 Å². The molecule has 2 aromatic carbocycles. The Hall–Kier alpha value is -2.58. The van der Waals surface area contributed by atoms with Crippen molar-refractivity contribution in [2.75, 3.05) is 5.75 Å². The summed E-state index contributed by atoms with van der Waals surface area (Å²) in [7, 11) is 0. The van der Waals surface area contributed by atoms with Crippen LogP contribution in [0.1, 0.15) is 74.7 Å². The molecule has 1 aliphatic rings. The van der Waals surface area contributed by atoms with E-state index in [1.807, 2.05) is 39.0 Å². The number of esters is 1. The Balaban J connectivity index is 2.04. The fourth-order valence-corrected chi connectivity index (χ4v) is 6.11. The summed E-state index contributed by atoms with van der Waals surface area (Å²) in [6, 6.07) is 19.6. The van der Waals surface area contributed by atoms with Gasteiger partial charge in [0.05, 0.1) is 17.7 Å². The molecule has 0 N–H and O–H groups in total. The standard InChI is InChI=1S/C28H33NO3S/c1-26(2,3)21-14-12-20(13-15-21)25-28(18-29,24(31)19-10-8-7-9-11-19)22(17-33-25)16-23(30)32-27(4,5)6/h7-15,22,25H,16-17H2,1-6H3/t22-,25-,28-/m1/s1. The monoisotopic (exact) mass is 463 g/mol. The lowest BCUT2D eigenvalue weighted by atomic mass is 9.67. The molecule has 1 heterocycles. The predicted molar refractivity (Wildman–Crippen MR) is 133 cm³/mol. The van der Waals surface area contributed by atoms with Crippen LogP contribution in [0.4, 0.5) is 0 Å². The van der Waals surface area contributed by atoms with Gasteiger partial charge in [0.15, 0.2) is 5.78 Å². The van der Waals surface area contributed by atoms with Crippen molar-refractivity contribution in [1.82, 2.24) is 0 Å². The molecule has 174 valence electrons. The molecule has 5 heteroatoms. The molecule has 3 rings (SSSR count). The highest BCUT2D eigenvalue weighted by atomic mass is 32.2. The first kappa shape index (κ1) is 25.1. The Kier molecular flexibility index (Phi) is 7.10. The van der Waals surface area contributed by atoms with E-state index in [-0.39, 0.29) is 28.8 Å². The van der Waals surface area contributed by atoms with E-state index >= 15 is 0 Å². The first-order valence-corrected chi connectivity index (χ1v) is 12.4. The Morgan fingerprint density at radius 2 is 1.64 bits per heavy atom. The molecule has 33 heavy (non-hydrogen) atoms. The molecule has 0 amide bonds. The number of rotatable bonds is 5. The van der Waals surface area contributed by atoms with Gasteiger partial charge in [0.2, 0.25) is 0 Å². The van der Waals surface area contributed by atoms with Crippen LogP contribution in [-0.4, -0.2) is 23.1 Å². The van der Waals surface area contributed by atoms with Crippen molar-refractivity contribution in [2.45, 2.75) is 64.2 Å². The molecule has 0 saturated carbocycles. The summed E-state index contributed by atoms with van der Waals surface area (Å²) in [5, 5.41) is 10.2. The summed E-state index contributed by atoms with van der Waals surface area (Å²) in [5.74, 6) is -0.509. The molecule has 0 radical (unpaired) electrons. The summed E-state index contributed by atoms with van der Waals surface area (Å²) in [6.07, 6.45) is 0.0347. The number of nitrogens with zero attached hydrogens (tertiary/aromatic N) is 1.